The van der Waals surface area contributed by atoms with E-state index in [0.29, 0.717) is 16.8 Å². The van der Waals surface area contributed by atoms with Crippen LogP contribution in [0.4, 0.5) is 8.78 Å². The molecule has 0 aliphatic heterocycles. The topological polar surface area (TPSA) is 80.9 Å². The Bertz CT molecular complexity index is 1180. The minimum Gasteiger partial charge on any atom is -0.469 e. The molecule has 0 bridgehead atoms. The first-order valence-corrected chi connectivity index (χ1v) is 10.1. The fourth-order valence-corrected chi connectivity index (χ4v) is 3.55. The predicted molar refractivity (Wildman–Crippen MR) is 116 cm³/mol. The summed E-state index contributed by atoms with van der Waals surface area (Å²) in [4.78, 5) is 23.2. The second-order valence-corrected chi connectivity index (χ2v) is 7.72. The monoisotopic (exact) mass is 442 g/mol. The molecule has 0 aliphatic rings. The molecule has 0 saturated carbocycles. The van der Waals surface area contributed by atoms with E-state index in [1.165, 1.54) is 19.3 Å². The number of carbonyl (C=O) groups is 2. The van der Waals surface area contributed by atoms with Crippen molar-refractivity contribution in [2.75, 3.05) is 7.11 Å². The van der Waals surface area contributed by atoms with Crippen molar-refractivity contribution in [2.24, 2.45) is 0 Å². The van der Waals surface area contributed by atoms with E-state index >= 15 is 0 Å². The van der Waals surface area contributed by atoms with E-state index in [-0.39, 0.29) is 12.3 Å². The van der Waals surface area contributed by atoms with Gasteiger partial charge in [-0.15, -0.1) is 0 Å². The summed E-state index contributed by atoms with van der Waals surface area (Å²) in [5.41, 5.74) is 3.13. The third-order valence-corrected chi connectivity index (χ3v) is 5.02. The maximum atomic E-state index is 14.0. The maximum absolute atomic E-state index is 14.0. The van der Waals surface area contributed by atoms with Crippen molar-refractivity contribution in [2.45, 2.75) is 38.7 Å². The van der Waals surface area contributed by atoms with Gasteiger partial charge in [0.05, 0.1) is 24.4 Å². The number of hydrogen-bond acceptors (Lipinski definition) is 5. The minimum atomic E-state index is -1.15. The van der Waals surface area contributed by atoms with Gasteiger partial charge in [-0.05, 0) is 41.8 Å². The Morgan fingerprint density at radius 3 is 2.62 bits per heavy atom. The number of aliphatic hydroxyl groups excluding tert-OH is 1. The maximum Gasteiger partial charge on any atom is 0.313 e. The van der Waals surface area contributed by atoms with Crippen LogP contribution in [0.1, 0.15) is 43.7 Å². The Labute approximate surface area is 184 Å². The highest BCUT2D eigenvalue weighted by Gasteiger charge is 2.19. The van der Waals surface area contributed by atoms with Gasteiger partial charge in [0.15, 0.2) is 11.6 Å². The molecule has 3 aromatic rings. The Balaban J connectivity index is 2.06. The molecule has 1 unspecified atom stereocenters. The highest BCUT2D eigenvalue weighted by molar-refractivity contribution is 5.95. The molecule has 2 heterocycles. The van der Waals surface area contributed by atoms with Crippen LogP contribution in [0.2, 0.25) is 0 Å². The van der Waals surface area contributed by atoms with Crippen LogP contribution in [0, 0.1) is 11.6 Å². The van der Waals surface area contributed by atoms with Crippen molar-refractivity contribution in [1.82, 2.24) is 9.61 Å². The van der Waals surface area contributed by atoms with Crippen LogP contribution in [0.15, 0.2) is 42.6 Å². The van der Waals surface area contributed by atoms with Crippen molar-refractivity contribution in [3.8, 4) is 11.3 Å². The van der Waals surface area contributed by atoms with Crippen molar-refractivity contribution in [3.05, 3.63) is 65.4 Å². The zero-order valence-electron chi connectivity index (χ0n) is 18.0. The number of rotatable bonds is 8. The Morgan fingerprint density at radius 1 is 1.22 bits per heavy atom. The Hall–Kier alpha value is -3.39. The molecule has 0 fully saturated rings. The summed E-state index contributed by atoms with van der Waals surface area (Å²) in [7, 11) is 1.18. The van der Waals surface area contributed by atoms with Gasteiger partial charge in [0.2, 0.25) is 0 Å². The molecule has 1 atom stereocenters. The number of carbonyl (C=O) groups excluding carboxylic acids is 2. The quantitative estimate of drug-likeness (QED) is 0.416. The SMILES string of the molecule is COC(=O)CC(=O)CC(O)C=Cc1c(-c2ccc(F)c(F)c2)nn2cccc2c1C(C)C. The molecule has 0 radical (unpaired) electrons. The number of Topliss-reactive ketones (excluding diaryl/α,β-unsaturated/α-hetero) is 1. The summed E-state index contributed by atoms with van der Waals surface area (Å²) in [6, 6.07) is 7.27. The molecule has 1 N–H and O–H groups in total. The lowest BCUT2D eigenvalue weighted by atomic mass is 9.93. The van der Waals surface area contributed by atoms with Gasteiger partial charge in [-0.1, -0.05) is 26.0 Å². The van der Waals surface area contributed by atoms with E-state index in [0.717, 1.165) is 23.2 Å². The molecule has 0 spiro atoms. The largest absolute Gasteiger partial charge is 0.469 e. The van der Waals surface area contributed by atoms with Crippen LogP contribution in [0.5, 0.6) is 0 Å². The van der Waals surface area contributed by atoms with E-state index < -0.39 is 35.9 Å². The molecule has 6 nitrogen and oxygen atoms in total. The number of aromatic nitrogens is 2. The molecule has 0 aliphatic carbocycles. The molecule has 2 aromatic heterocycles. The standard InChI is InChI=1S/C24H24F2N2O4/c1-14(2)23-18(8-7-16(29)12-17(30)13-22(31)32-3)24(27-28-10-4-5-21(23)28)15-6-9-19(25)20(26)11-15/h4-11,14,16,29H,12-13H2,1-3H3. The van der Waals surface area contributed by atoms with Crippen LogP contribution < -0.4 is 0 Å². The summed E-state index contributed by atoms with van der Waals surface area (Å²) in [6.07, 6.45) is 3.00. The number of methoxy groups -OCH3 is 1. The van der Waals surface area contributed by atoms with Gasteiger partial charge in [0, 0.05) is 23.7 Å². The van der Waals surface area contributed by atoms with Gasteiger partial charge < -0.3 is 9.84 Å². The lowest BCUT2D eigenvalue weighted by molar-refractivity contribution is -0.143. The first-order chi connectivity index (χ1) is 15.2. The zero-order valence-corrected chi connectivity index (χ0v) is 18.0. The highest BCUT2D eigenvalue weighted by Crippen LogP contribution is 2.33. The van der Waals surface area contributed by atoms with E-state index in [4.69, 9.17) is 0 Å². The number of nitrogens with zero attached hydrogens (tertiary/aromatic N) is 2. The second-order valence-electron chi connectivity index (χ2n) is 7.72. The van der Waals surface area contributed by atoms with Gasteiger partial charge in [0.25, 0.3) is 0 Å². The summed E-state index contributed by atoms with van der Waals surface area (Å²) >= 11 is 0. The van der Waals surface area contributed by atoms with Crippen LogP contribution in [-0.4, -0.2) is 39.7 Å². The van der Waals surface area contributed by atoms with Crippen molar-refractivity contribution < 1.29 is 28.2 Å². The predicted octanol–water partition coefficient (Wildman–Crippen LogP) is 4.30. The molecular formula is C24H24F2N2O4. The molecule has 1 aromatic carbocycles. The number of fused-ring (bicyclic) bond motifs is 1. The number of halogens is 2. The van der Waals surface area contributed by atoms with E-state index in [1.807, 2.05) is 26.0 Å². The molecular weight excluding hydrogens is 418 g/mol. The fraction of sp³-hybridized carbons (Fsp3) is 0.292. The highest BCUT2D eigenvalue weighted by atomic mass is 19.2. The fourth-order valence-electron chi connectivity index (χ4n) is 3.55. The molecule has 8 heteroatoms. The zero-order chi connectivity index (χ0) is 23.4. The Morgan fingerprint density at radius 2 is 1.97 bits per heavy atom. The average molecular weight is 442 g/mol. The smallest absolute Gasteiger partial charge is 0.313 e. The summed E-state index contributed by atoms with van der Waals surface area (Å²) in [5.74, 6) is -3.05. The molecule has 0 saturated heterocycles. The Kier molecular flexibility index (Phi) is 7.15. The van der Waals surface area contributed by atoms with E-state index in [9.17, 15) is 23.5 Å². The summed E-state index contributed by atoms with van der Waals surface area (Å²) in [6.45, 7) is 3.98. The van der Waals surface area contributed by atoms with Crippen LogP contribution in [-0.2, 0) is 14.3 Å². The van der Waals surface area contributed by atoms with Crippen LogP contribution in [0.25, 0.3) is 22.9 Å². The molecule has 3 rings (SSSR count). The van der Waals surface area contributed by atoms with Gasteiger partial charge in [0.1, 0.15) is 12.2 Å². The van der Waals surface area contributed by atoms with Gasteiger partial charge in [-0.2, -0.15) is 5.10 Å². The number of esters is 1. The molecule has 32 heavy (non-hydrogen) atoms. The van der Waals surface area contributed by atoms with Gasteiger partial charge in [-0.25, -0.2) is 13.3 Å². The van der Waals surface area contributed by atoms with Crippen LogP contribution >= 0.6 is 0 Å². The van der Waals surface area contributed by atoms with E-state index in [1.54, 1.807) is 16.8 Å². The van der Waals surface area contributed by atoms with Crippen molar-refractivity contribution >= 4 is 23.3 Å². The number of ether oxygens (including phenoxy) is 1. The molecule has 168 valence electrons. The first-order valence-electron chi connectivity index (χ1n) is 10.1. The number of hydrogen-bond donors (Lipinski definition) is 1. The molecule has 0 amide bonds. The minimum absolute atomic E-state index is 0.0391. The normalized spacial score (nSPS) is 12.6. The third-order valence-electron chi connectivity index (χ3n) is 5.02. The first kappa shape index (κ1) is 23.3. The van der Waals surface area contributed by atoms with Gasteiger partial charge in [-0.3, -0.25) is 9.59 Å². The third kappa shape index (κ3) is 5.08. The van der Waals surface area contributed by atoms with Crippen LogP contribution in [0.3, 0.4) is 0 Å². The summed E-state index contributed by atoms with van der Waals surface area (Å²) < 4.78 is 33.6. The second kappa shape index (κ2) is 9.82. The van der Waals surface area contributed by atoms with E-state index in [2.05, 4.69) is 9.84 Å². The van der Waals surface area contributed by atoms with Crippen molar-refractivity contribution in [1.29, 1.82) is 0 Å². The average Bonchev–Trinajstić information content (AvgIpc) is 3.20. The number of ketones is 1. The van der Waals surface area contributed by atoms with Gasteiger partial charge >= 0.3 is 5.97 Å². The lowest BCUT2D eigenvalue weighted by Gasteiger charge is -2.17. The summed E-state index contributed by atoms with van der Waals surface area (Å²) in [5, 5.41) is 14.9. The number of aliphatic hydroxyl groups is 1. The van der Waals surface area contributed by atoms with Crippen molar-refractivity contribution in [3.63, 3.8) is 0 Å². The number of benzene rings is 1. The lowest BCUT2D eigenvalue weighted by Crippen LogP contribution is -2.15.